The van der Waals surface area contributed by atoms with Crippen LogP contribution < -0.4 is 5.56 Å². The highest BCUT2D eigenvalue weighted by atomic mass is 16.5. The summed E-state index contributed by atoms with van der Waals surface area (Å²) in [6.45, 7) is 3.87. The average molecular weight is 441 g/mol. The van der Waals surface area contributed by atoms with Crippen molar-refractivity contribution in [1.82, 2.24) is 24.3 Å². The van der Waals surface area contributed by atoms with Gasteiger partial charge in [-0.1, -0.05) is 64.8 Å². The molecule has 5 rings (SSSR count). The molecule has 3 aromatic heterocycles. The SMILES string of the molecule is Cc1ccc(-c2nn3ccn(Cc4nc(Cc5cccc(C)c5)no4)c(=O)c3c2CO)cc1. The van der Waals surface area contributed by atoms with Gasteiger partial charge in [-0.3, -0.25) is 4.79 Å². The second-order valence-corrected chi connectivity index (χ2v) is 8.15. The summed E-state index contributed by atoms with van der Waals surface area (Å²) >= 11 is 0. The Kier molecular flexibility index (Phi) is 5.35. The highest BCUT2D eigenvalue weighted by Gasteiger charge is 2.18. The Morgan fingerprint density at radius 1 is 1.03 bits per heavy atom. The molecule has 8 heteroatoms. The van der Waals surface area contributed by atoms with Crippen LogP contribution in [0.2, 0.25) is 0 Å². The van der Waals surface area contributed by atoms with E-state index in [1.807, 2.05) is 56.3 Å². The van der Waals surface area contributed by atoms with Gasteiger partial charge in [-0.25, -0.2) is 4.52 Å². The maximum Gasteiger partial charge on any atom is 0.277 e. The van der Waals surface area contributed by atoms with Crippen LogP contribution in [0.1, 0.15) is 34.0 Å². The van der Waals surface area contributed by atoms with E-state index in [9.17, 15) is 9.90 Å². The largest absolute Gasteiger partial charge is 0.392 e. The van der Waals surface area contributed by atoms with E-state index in [1.165, 1.54) is 14.6 Å². The van der Waals surface area contributed by atoms with Gasteiger partial charge in [-0.2, -0.15) is 10.1 Å². The monoisotopic (exact) mass is 441 g/mol. The zero-order valence-corrected chi connectivity index (χ0v) is 18.4. The lowest BCUT2D eigenvalue weighted by molar-refractivity contribution is 0.283. The normalized spacial score (nSPS) is 11.4. The Bertz CT molecular complexity index is 1500. The van der Waals surface area contributed by atoms with Crippen molar-refractivity contribution in [1.29, 1.82) is 0 Å². The van der Waals surface area contributed by atoms with Crippen molar-refractivity contribution in [3.05, 3.63) is 105 Å². The third kappa shape index (κ3) is 4.08. The van der Waals surface area contributed by atoms with E-state index >= 15 is 0 Å². The van der Waals surface area contributed by atoms with Gasteiger partial charge in [0.05, 0.1) is 12.3 Å². The molecule has 0 saturated carbocycles. The summed E-state index contributed by atoms with van der Waals surface area (Å²) < 4.78 is 8.38. The molecule has 166 valence electrons. The number of rotatable bonds is 6. The fraction of sp³-hybridized carbons (Fsp3) is 0.200. The number of aliphatic hydroxyl groups is 1. The summed E-state index contributed by atoms with van der Waals surface area (Å²) in [5, 5.41) is 18.6. The zero-order chi connectivity index (χ0) is 22.9. The highest BCUT2D eigenvalue weighted by molar-refractivity contribution is 5.72. The van der Waals surface area contributed by atoms with Crippen LogP contribution in [0, 0.1) is 13.8 Å². The molecule has 8 nitrogen and oxygen atoms in total. The first-order valence-electron chi connectivity index (χ1n) is 10.7. The summed E-state index contributed by atoms with van der Waals surface area (Å²) in [6.07, 6.45) is 3.88. The fourth-order valence-electron chi connectivity index (χ4n) is 3.95. The van der Waals surface area contributed by atoms with Crippen molar-refractivity contribution in [3.63, 3.8) is 0 Å². The Hall–Kier alpha value is -4.04. The van der Waals surface area contributed by atoms with Gasteiger partial charge in [0.15, 0.2) is 5.82 Å². The van der Waals surface area contributed by atoms with E-state index in [-0.39, 0.29) is 18.7 Å². The quantitative estimate of drug-likeness (QED) is 0.434. The molecule has 0 unspecified atom stereocenters. The molecule has 0 radical (unpaired) electrons. The van der Waals surface area contributed by atoms with Crippen LogP contribution in [-0.4, -0.2) is 29.4 Å². The molecule has 0 spiro atoms. The lowest BCUT2D eigenvalue weighted by Gasteiger charge is -2.03. The fourth-order valence-corrected chi connectivity index (χ4v) is 3.95. The topological polar surface area (TPSA) is 98.5 Å². The number of hydrogen-bond donors (Lipinski definition) is 1. The van der Waals surface area contributed by atoms with Crippen molar-refractivity contribution >= 4 is 5.52 Å². The van der Waals surface area contributed by atoms with E-state index in [4.69, 9.17) is 4.52 Å². The van der Waals surface area contributed by atoms with Crippen molar-refractivity contribution in [2.75, 3.05) is 0 Å². The Balaban J connectivity index is 1.46. The third-order valence-electron chi connectivity index (χ3n) is 5.60. The van der Waals surface area contributed by atoms with Crippen LogP contribution in [0.5, 0.6) is 0 Å². The molecule has 0 saturated heterocycles. The number of aliphatic hydroxyl groups excluding tert-OH is 1. The lowest BCUT2D eigenvalue weighted by atomic mass is 10.1. The second kappa shape index (κ2) is 8.48. The third-order valence-corrected chi connectivity index (χ3v) is 5.60. The molecule has 0 atom stereocenters. The molecule has 0 fully saturated rings. The minimum absolute atomic E-state index is 0.131. The minimum Gasteiger partial charge on any atom is -0.392 e. The van der Waals surface area contributed by atoms with Crippen LogP contribution in [0.25, 0.3) is 16.8 Å². The molecule has 33 heavy (non-hydrogen) atoms. The number of aryl methyl sites for hydroxylation is 2. The standard InChI is InChI=1S/C25H23N5O3/c1-16-6-8-19(9-7-16)23-20(15-31)24-25(32)29(10-11-30(24)27-23)14-22-26-21(28-33-22)13-18-5-3-4-17(2)12-18/h3-12,31H,13-15H2,1-2H3. The van der Waals surface area contributed by atoms with E-state index in [0.29, 0.717) is 34.9 Å². The van der Waals surface area contributed by atoms with Crippen molar-refractivity contribution in [2.24, 2.45) is 0 Å². The first-order chi connectivity index (χ1) is 16.0. The predicted molar refractivity (Wildman–Crippen MR) is 123 cm³/mol. The molecule has 3 heterocycles. The number of nitrogens with zero attached hydrogens (tertiary/aromatic N) is 5. The van der Waals surface area contributed by atoms with Crippen LogP contribution in [-0.2, 0) is 19.6 Å². The van der Waals surface area contributed by atoms with E-state index in [2.05, 4.69) is 21.3 Å². The van der Waals surface area contributed by atoms with E-state index < -0.39 is 0 Å². The molecule has 0 aliphatic carbocycles. The molecule has 0 aliphatic heterocycles. The Morgan fingerprint density at radius 3 is 2.61 bits per heavy atom. The number of fused-ring (bicyclic) bond motifs is 1. The van der Waals surface area contributed by atoms with Crippen LogP contribution in [0.4, 0.5) is 0 Å². The lowest BCUT2D eigenvalue weighted by Crippen LogP contribution is -2.22. The van der Waals surface area contributed by atoms with Crippen molar-refractivity contribution < 1.29 is 9.63 Å². The van der Waals surface area contributed by atoms with Crippen molar-refractivity contribution in [3.8, 4) is 11.3 Å². The van der Waals surface area contributed by atoms with Gasteiger partial charge in [0, 0.05) is 29.9 Å². The second-order valence-electron chi connectivity index (χ2n) is 8.15. The number of benzene rings is 2. The van der Waals surface area contributed by atoms with Crippen LogP contribution in [0.3, 0.4) is 0 Å². The van der Waals surface area contributed by atoms with Gasteiger partial charge in [0.25, 0.3) is 5.56 Å². The summed E-state index contributed by atoms with van der Waals surface area (Å²) in [4.78, 5) is 17.7. The van der Waals surface area contributed by atoms with Gasteiger partial charge in [0.1, 0.15) is 12.1 Å². The maximum absolute atomic E-state index is 13.2. The van der Waals surface area contributed by atoms with Crippen LogP contribution >= 0.6 is 0 Å². The van der Waals surface area contributed by atoms with Gasteiger partial charge in [-0.05, 0) is 19.4 Å². The first kappa shape index (κ1) is 20.8. The Morgan fingerprint density at radius 2 is 1.85 bits per heavy atom. The summed E-state index contributed by atoms with van der Waals surface area (Å²) in [5.74, 6) is 0.903. The molecule has 0 aliphatic rings. The number of aromatic nitrogens is 5. The van der Waals surface area contributed by atoms with E-state index in [1.54, 1.807) is 12.4 Å². The van der Waals surface area contributed by atoms with Gasteiger partial charge < -0.3 is 14.2 Å². The molecule has 1 N–H and O–H groups in total. The first-order valence-corrected chi connectivity index (χ1v) is 10.7. The average Bonchev–Trinajstić information content (AvgIpc) is 3.40. The van der Waals surface area contributed by atoms with Gasteiger partial charge in [0.2, 0.25) is 5.89 Å². The molecule has 0 bridgehead atoms. The molecule has 0 amide bonds. The predicted octanol–water partition coefficient (Wildman–Crippen LogP) is 3.29. The minimum atomic E-state index is -0.298. The van der Waals surface area contributed by atoms with Gasteiger partial charge in [-0.15, -0.1) is 0 Å². The summed E-state index contributed by atoms with van der Waals surface area (Å²) in [7, 11) is 0. The molecular weight excluding hydrogens is 418 g/mol. The smallest absolute Gasteiger partial charge is 0.277 e. The molecular formula is C25H23N5O3. The zero-order valence-electron chi connectivity index (χ0n) is 18.4. The van der Waals surface area contributed by atoms with Gasteiger partial charge >= 0.3 is 0 Å². The summed E-state index contributed by atoms with van der Waals surface area (Å²) in [5.41, 5.74) is 5.35. The Labute approximate surface area is 189 Å². The molecule has 5 aromatic rings. The van der Waals surface area contributed by atoms with Crippen molar-refractivity contribution in [2.45, 2.75) is 33.4 Å². The van der Waals surface area contributed by atoms with E-state index in [0.717, 1.165) is 16.7 Å². The molecule has 2 aromatic carbocycles. The highest BCUT2D eigenvalue weighted by Crippen LogP contribution is 2.25. The maximum atomic E-state index is 13.2. The van der Waals surface area contributed by atoms with Crippen LogP contribution in [0.15, 0.2) is 70.2 Å². The number of hydrogen-bond acceptors (Lipinski definition) is 6. The summed E-state index contributed by atoms with van der Waals surface area (Å²) in [6, 6.07) is 15.9.